The molecule has 1 radical (unpaired) electrons. The lowest BCUT2D eigenvalue weighted by atomic mass is 10.3. The molecule has 1 heterocycles. The molecule has 0 aromatic carbocycles. The molecule has 55 valence electrons. The molecular weight excluding hydrogens is 124 g/mol. The molecule has 0 unspecified atom stereocenters. The van der Waals surface area contributed by atoms with E-state index in [1.54, 1.807) is 0 Å². The third kappa shape index (κ3) is 1.87. The molecule has 1 aromatic rings. The number of hydrogen-bond acceptors (Lipinski definition) is 1. The molecule has 10 heavy (non-hydrogen) atoms. The van der Waals surface area contributed by atoms with Crippen LogP contribution >= 0.6 is 0 Å². The third-order valence-electron chi connectivity index (χ3n) is 1.44. The normalized spacial score (nSPS) is 10.2. The van der Waals surface area contributed by atoms with Gasteiger partial charge in [-0.2, -0.15) is 5.10 Å². The highest BCUT2D eigenvalue weighted by molar-refractivity contribution is 5.01. The van der Waals surface area contributed by atoms with Crippen molar-refractivity contribution in [3.8, 4) is 0 Å². The van der Waals surface area contributed by atoms with E-state index in [0.29, 0.717) is 0 Å². The van der Waals surface area contributed by atoms with Gasteiger partial charge in [-0.15, -0.1) is 0 Å². The van der Waals surface area contributed by atoms with Crippen LogP contribution in [0.2, 0.25) is 0 Å². The Balaban J connectivity index is 2.42. The van der Waals surface area contributed by atoms with Gasteiger partial charge in [0.25, 0.3) is 0 Å². The van der Waals surface area contributed by atoms with Gasteiger partial charge in [-0.3, -0.25) is 4.68 Å². The summed E-state index contributed by atoms with van der Waals surface area (Å²) in [6.45, 7) is 6.91. The topological polar surface area (TPSA) is 17.8 Å². The summed E-state index contributed by atoms with van der Waals surface area (Å²) >= 11 is 0. The summed E-state index contributed by atoms with van der Waals surface area (Å²) in [4.78, 5) is 0. The van der Waals surface area contributed by atoms with E-state index in [1.807, 2.05) is 16.9 Å². The molecule has 0 aliphatic rings. The minimum Gasteiger partial charge on any atom is -0.272 e. The fraction of sp³-hybridized carbons (Fsp3) is 0.500. The maximum Gasteiger partial charge on any atom is 0.0628 e. The maximum absolute atomic E-state index is 4.15. The number of aromatic nitrogens is 2. The van der Waals surface area contributed by atoms with Crippen molar-refractivity contribution < 1.29 is 0 Å². The molecular formula is C8H13N2. The van der Waals surface area contributed by atoms with Gasteiger partial charge in [0.2, 0.25) is 0 Å². The Morgan fingerprint density at radius 2 is 2.50 bits per heavy atom. The molecule has 0 aliphatic heterocycles. The molecule has 0 spiro atoms. The zero-order valence-corrected chi connectivity index (χ0v) is 6.38. The average Bonchev–Trinajstić information content (AvgIpc) is 2.31. The summed E-state index contributed by atoms with van der Waals surface area (Å²) in [6, 6.07) is 1.93. The predicted octanol–water partition coefficient (Wildman–Crippen LogP) is 1.87. The fourth-order valence-corrected chi connectivity index (χ4v) is 0.848. The van der Waals surface area contributed by atoms with E-state index in [2.05, 4.69) is 18.9 Å². The lowest BCUT2D eigenvalue weighted by molar-refractivity contribution is 0.570. The van der Waals surface area contributed by atoms with Gasteiger partial charge in [-0.1, -0.05) is 13.3 Å². The summed E-state index contributed by atoms with van der Waals surface area (Å²) in [5.41, 5.74) is 0.858. The van der Waals surface area contributed by atoms with E-state index in [1.165, 1.54) is 12.8 Å². The lowest BCUT2D eigenvalue weighted by Crippen LogP contribution is -1.97. The van der Waals surface area contributed by atoms with Gasteiger partial charge in [0.05, 0.1) is 5.69 Å². The van der Waals surface area contributed by atoms with E-state index in [0.717, 1.165) is 12.2 Å². The molecule has 0 aliphatic carbocycles. The number of nitrogens with zero attached hydrogens (tertiary/aromatic N) is 2. The van der Waals surface area contributed by atoms with E-state index >= 15 is 0 Å². The summed E-state index contributed by atoms with van der Waals surface area (Å²) < 4.78 is 1.94. The van der Waals surface area contributed by atoms with Gasteiger partial charge < -0.3 is 0 Å². The van der Waals surface area contributed by atoms with E-state index in [4.69, 9.17) is 0 Å². The first-order valence-electron chi connectivity index (χ1n) is 3.68. The van der Waals surface area contributed by atoms with Gasteiger partial charge in [0.1, 0.15) is 0 Å². The Kier molecular flexibility index (Phi) is 2.49. The van der Waals surface area contributed by atoms with Crippen LogP contribution in [0.4, 0.5) is 0 Å². The molecule has 0 saturated carbocycles. The molecule has 0 fully saturated rings. The smallest absolute Gasteiger partial charge is 0.0628 e. The summed E-state index contributed by atoms with van der Waals surface area (Å²) in [5.74, 6) is 0. The van der Waals surface area contributed by atoms with Crippen LogP contribution in [0.25, 0.3) is 0 Å². The molecule has 2 nitrogen and oxygen atoms in total. The van der Waals surface area contributed by atoms with E-state index in [9.17, 15) is 0 Å². The van der Waals surface area contributed by atoms with Crippen molar-refractivity contribution in [2.24, 2.45) is 0 Å². The van der Waals surface area contributed by atoms with E-state index < -0.39 is 0 Å². The highest BCUT2D eigenvalue weighted by Crippen LogP contribution is 1.95. The Morgan fingerprint density at radius 1 is 1.70 bits per heavy atom. The predicted molar refractivity (Wildman–Crippen MR) is 41.6 cm³/mol. The van der Waals surface area contributed by atoms with Crippen molar-refractivity contribution in [2.45, 2.75) is 26.3 Å². The molecule has 0 saturated heterocycles. The van der Waals surface area contributed by atoms with Crippen molar-refractivity contribution in [1.29, 1.82) is 0 Å². The Labute approximate surface area is 61.9 Å². The molecule has 0 bridgehead atoms. The zero-order chi connectivity index (χ0) is 7.40. The van der Waals surface area contributed by atoms with Gasteiger partial charge in [-0.05, 0) is 19.4 Å². The third-order valence-corrected chi connectivity index (χ3v) is 1.44. The molecule has 0 atom stereocenters. The Hall–Kier alpha value is -0.790. The highest BCUT2D eigenvalue weighted by Gasteiger charge is 1.90. The van der Waals surface area contributed by atoms with Gasteiger partial charge in [0, 0.05) is 12.7 Å². The average molecular weight is 137 g/mol. The Morgan fingerprint density at radius 3 is 3.00 bits per heavy atom. The van der Waals surface area contributed by atoms with Crippen molar-refractivity contribution in [2.75, 3.05) is 0 Å². The standard InChI is InChI=1S/C8H13N2/c1-3-4-6-10-7-5-8(2)9-10/h5,7H,2-4,6H2,1H3. The molecule has 1 rings (SSSR count). The first kappa shape index (κ1) is 7.32. The van der Waals surface area contributed by atoms with Crippen LogP contribution in [0, 0.1) is 6.92 Å². The van der Waals surface area contributed by atoms with Gasteiger partial charge in [0.15, 0.2) is 0 Å². The van der Waals surface area contributed by atoms with Crippen molar-refractivity contribution >= 4 is 0 Å². The quantitative estimate of drug-likeness (QED) is 0.621. The van der Waals surface area contributed by atoms with Crippen molar-refractivity contribution in [1.82, 2.24) is 9.78 Å². The SMILES string of the molecule is [CH2]c1ccn(CCCC)n1. The zero-order valence-electron chi connectivity index (χ0n) is 6.38. The summed E-state index contributed by atoms with van der Waals surface area (Å²) in [5, 5.41) is 4.15. The Bertz CT molecular complexity index is 191. The van der Waals surface area contributed by atoms with Crippen LogP contribution in [-0.4, -0.2) is 9.78 Å². The molecule has 0 N–H and O–H groups in total. The lowest BCUT2D eigenvalue weighted by Gasteiger charge is -1.96. The van der Waals surface area contributed by atoms with Crippen LogP contribution < -0.4 is 0 Å². The highest BCUT2D eigenvalue weighted by atomic mass is 15.3. The minimum atomic E-state index is 0.858. The summed E-state index contributed by atoms with van der Waals surface area (Å²) in [6.07, 6.45) is 4.38. The second-order valence-corrected chi connectivity index (χ2v) is 2.42. The maximum atomic E-state index is 4.15. The number of aryl methyl sites for hydroxylation is 1. The van der Waals surface area contributed by atoms with Crippen molar-refractivity contribution in [3.05, 3.63) is 24.9 Å². The first-order valence-corrected chi connectivity index (χ1v) is 3.68. The fourth-order valence-electron chi connectivity index (χ4n) is 0.848. The van der Waals surface area contributed by atoms with Gasteiger partial charge in [-0.25, -0.2) is 0 Å². The molecule has 1 aromatic heterocycles. The largest absolute Gasteiger partial charge is 0.272 e. The number of hydrogen-bond donors (Lipinski definition) is 0. The van der Waals surface area contributed by atoms with Crippen LogP contribution in [0.5, 0.6) is 0 Å². The van der Waals surface area contributed by atoms with E-state index in [-0.39, 0.29) is 0 Å². The first-order chi connectivity index (χ1) is 4.83. The minimum absolute atomic E-state index is 0.858. The second-order valence-electron chi connectivity index (χ2n) is 2.42. The van der Waals surface area contributed by atoms with Crippen LogP contribution in [0.15, 0.2) is 12.3 Å². The number of rotatable bonds is 3. The van der Waals surface area contributed by atoms with Crippen LogP contribution in [0.1, 0.15) is 25.5 Å². The summed E-state index contributed by atoms with van der Waals surface area (Å²) in [7, 11) is 0. The number of unbranched alkanes of at least 4 members (excludes halogenated alkanes) is 1. The monoisotopic (exact) mass is 137 g/mol. The van der Waals surface area contributed by atoms with Gasteiger partial charge >= 0.3 is 0 Å². The van der Waals surface area contributed by atoms with Crippen molar-refractivity contribution in [3.63, 3.8) is 0 Å². The molecule has 2 heteroatoms. The van der Waals surface area contributed by atoms with Crippen LogP contribution in [-0.2, 0) is 6.54 Å². The van der Waals surface area contributed by atoms with Crippen LogP contribution in [0.3, 0.4) is 0 Å². The second kappa shape index (κ2) is 3.40. The molecule has 0 amide bonds.